The van der Waals surface area contributed by atoms with Gasteiger partial charge in [0.25, 0.3) is 0 Å². The van der Waals surface area contributed by atoms with Crippen LogP contribution in [0.4, 0.5) is 0 Å². The zero-order chi connectivity index (χ0) is 6.53. The molecule has 0 aromatic carbocycles. The van der Waals surface area contributed by atoms with Gasteiger partial charge < -0.3 is 0 Å². The second kappa shape index (κ2) is 3.71. The van der Waals surface area contributed by atoms with Crippen LogP contribution in [0.25, 0.3) is 0 Å². The van der Waals surface area contributed by atoms with Crippen LogP contribution in [0.5, 0.6) is 0 Å². The first kappa shape index (κ1) is 6.85. The van der Waals surface area contributed by atoms with Crippen LogP contribution in [0.2, 0.25) is 0 Å². The first-order valence-electron chi connectivity index (χ1n) is 4.12. The third-order valence-electron chi connectivity index (χ3n) is 1.86. The summed E-state index contributed by atoms with van der Waals surface area (Å²) in [5.41, 5.74) is 0. The molecule has 0 unspecified atom stereocenters. The van der Waals surface area contributed by atoms with Crippen LogP contribution >= 0.6 is 0 Å². The van der Waals surface area contributed by atoms with Crippen LogP contribution in [0.1, 0.15) is 39.0 Å². The summed E-state index contributed by atoms with van der Waals surface area (Å²) in [7, 11) is 0. The highest BCUT2D eigenvalue weighted by atomic mass is 14.1. The smallest absolute Gasteiger partial charge is 0.00531 e. The summed E-state index contributed by atoms with van der Waals surface area (Å²) in [6.07, 6.45) is 11.7. The Morgan fingerprint density at radius 2 is 1.89 bits per heavy atom. The maximum absolute atomic E-state index is 2.30. The van der Waals surface area contributed by atoms with Crippen LogP contribution in [0.15, 0.2) is 12.2 Å². The van der Waals surface area contributed by atoms with Crippen LogP contribution in [0.3, 0.4) is 0 Å². The fourth-order valence-corrected chi connectivity index (χ4v) is 1.08. The number of rotatable bonds is 5. The van der Waals surface area contributed by atoms with Gasteiger partial charge in [-0.05, 0) is 12.3 Å². The topological polar surface area (TPSA) is 0 Å². The maximum Gasteiger partial charge on any atom is -0.00531 e. The standard InChI is InChI=1S/C9H16/c1-2-3-4-5-6-9-7-8-9/h7-9H,2-6H2,1H3. The summed E-state index contributed by atoms with van der Waals surface area (Å²) in [6, 6.07) is 0. The molecule has 0 atom stereocenters. The lowest BCUT2D eigenvalue weighted by Gasteiger charge is -1.95. The van der Waals surface area contributed by atoms with Crippen molar-refractivity contribution in [3.05, 3.63) is 12.2 Å². The molecule has 0 saturated carbocycles. The predicted molar refractivity (Wildman–Crippen MR) is 41.4 cm³/mol. The average Bonchev–Trinajstić information content (AvgIpc) is 2.63. The van der Waals surface area contributed by atoms with Crippen LogP contribution in [0, 0.1) is 5.92 Å². The normalized spacial score (nSPS) is 16.6. The van der Waals surface area contributed by atoms with Gasteiger partial charge in [-0.2, -0.15) is 0 Å². The molecule has 0 N–H and O–H groups in total. The SMILES string of the molecule is CCCCCCC1C=C1. The Morgan fingerprint density at radius 3 is 2.44 bits per heavy atom. The third-order valence-corrected chi connectivity index (χ3v) is 1.86. The second-order valence-electron chi connectivity index (χ2n) is 2.90. The molecule has 0 aromatic heterocycles. The molecule has 0 fully saturated rings. The maximum atomic E-state index is 2.30. The van der Waals surface area contributed by atoms with Gasteiger partial charge in [-0.25, -0.2) is 0 Å². The fourth-order valence-electron chi connectivity index (χ4n) is 1.08. The van der Waals surface area contributed by atoms with Gasteiger partial charge in [0.2, 0.25) is 0 Å². The molecule has 0 heteroatoms. The van der Waals surface area contributed by atoms with Crippen molar-refractivity contribution in [1.82, 2.24) is 0 Å². The fraction of sp³-hybridized carbons (Fsp3) is 0.778. The van der Waals surface area contributed by atoms with Crippen molar-refractivity contribution in [2.75, 3.05) is 0 Å². The molecular weight excluding hydrogens is 108 g/mol. The van der Waals surface area contributed by atoms with E-state index in [4.69, 9.17) is 0 Å². The number of allylic oxidation sites excluding steroid dienone is 2. The van der Waals surface area contributed by atoms with E-state index in [1.54, 1.807) is 0 Å². The monoisotopic (exact) mass is 124 g/mol. The van der Waals surface area contributed by atoms with Gasteiger partial charge in [-0.15, -0.1) is 0 Å². The van der Waals surface area contributed by atoms with Crippen LogP contribution in [-0.2, 0) is 0 Å². The first-order chi connectivity index (χ1) is 4.43. The summed E-state index contributed by atoms with van der Waals surface area (Å²) in [5.74, 6) is 0.904. The van der Waals surface area contributed by atoms with E-state index in [1.165, 1.54) is 32.1 Å². The lowest BCUT2D eigenvalue weighted by molar-refractivity contribution is 0.615. The zero-order valence-electron chi connectivity index (χ0n) is 6.27. The van der Waals surface area contributed by atoms with Gasteiger partial charge in [-0.1, -0.05) is 44.8 Å². The molecule has 1 aliphatic carbocycles. The lowest BCUT2D eigenvalue weighted by Crippen LogP contribution is -1.79. The Kier molecular flexibility index (Phi) is 2.82. The molecule has 0 nitrogen and oxygen atoms in total. The molecule has 0 aliphatic heterocycles. The minimum atomic E-state index is 0.904. The van der Waals surface area contributed by atoms with E-state index in [1.807, 2.05) is 0 Å². The van der Waals surface area contributed by atoms with Gasteiger partial charge >= 0.3 is 0 Å². The summed E-state index contributed by atoms with van der Waals surface area (Å²) in [4.78, 5) is 0. The van der Waals surface area contributed by atoms with Gasteiger partial charge in [0.1, 0.15) is 0 Å². The summed E-state index contributed by atoms with van der Waals surface area (Å²) in [6.45, 7) is 2.26. The molecule has 0 bridgehead atoms. The molecule has 0 amide bonds. The lowest BCUT2D eigenvalue weighted by atomic mass is 10.1. The van der Waals surface area contributed by atoms with Gasteiger partial charge in [-0.3, -0.25) is 0 Å². The summed E-state index contributed by atoms with van der Waals surface area (Å²) < 4.78 is 0. The minimum Gasteiger partial charge on any atom is -0.0810 e. The highest BCUT2D eigenvalue weighted by molar-refractivity contribution is 5.12. The molecule has 1 rings (SSSR count). The Balaban J connectivity index is 1.71. The molecule has 0 saturated heterocycles. The molecule has 0 aromatic rings. The molecule has 52 valence electrons. The molecule has 0 heterocycles. The molecular formula is C9H16. The highest BCUT2D eigenvalue weighted by Gasteiger charge is 2.08. The van der Waals surface area contributed by atoms with Crippen molar-refractivity contribution in [2.45, 2.75) is 39.0 Å². The summed E-state index contributed by atoms with van der Waals surface area (Å²) >= 11 is 0. The Hall–Kier alpha value is -0.260. The van der Waals surface area contributed by atoms with Crippen molar-refractivity contribution in [3.8, 4) is 0 Å². The molecule has 0 radical (unpaired) electrons. The Labute approximate surface area is 58.0 Å². The second-order valence-corrected chi connectivity index (χ2v) is 2.90. The number of hydrogen-bond acceptors (Lipinski definition) is 0. The minimum absolute atomic E-state index is 0.904. The quantitative estimate of drug-likeness (QED) is 0.390. The Bertz CT molecular complexity index is 86.2. The molecule has 9 heavy (non-hydrogen) atoms. The van der Waals surface area contributed by atoms with Crippen LogP contribution < -0.4 is 0 Å². The number of hydrogen-bond donors (Lipinski definition) is 0. The summed E-state index contributed by atoms with van der Waals surface area (Å²) in [5, 5.41) is 0. The third kappa shape index (κ3) is 3.34. The van der Waals surface area contributed by atoms with Crippen molar-refractivity contribution >= 4 is 0 Å². The van der Waals surface area contributed by atoms with Crippen molar-refractivity contribution in [2.24, 2.45) is 5.92 Å². The van der Waals surface area contributed by atoms with E-state index >= 15 is 0 Å². The zero-order valence-corrected chi connectivity index (χ0v) is 6.27. The van der Waals surface area contributed by atoms with Gasteiger partial charge in [0.15, 0.2) is 0 Å². The average molecular weight is 124 g/mol. The van der Waals surface area contributed by atoms with E-state index in [0.717, 1.165) is 5.92 Å². The first-order valence-corrected chi connectivity index (χ1v) is 4.12. The Morgan fingerprint density at radius 1 is 1.11 bits per heavy atom. The van der Waals surface area contributed by atoms with E-state index in [2.05, 4.69) is 19.1 Å². The van der Waals surface area contributed by atoms with E-state index in [0.29, 0.717) is 0 Å². The van der Waals surface area contributed by atoms with E-state index < -0.39 is 0 Å². The predicted octanol–water partition coefficient (Wildman–Crippen LogP) is 3.14. The van der Waals surface area contributed by atoms with Crippen molar-refractivity contribution in [3.63, 3.8) is 0 Å². The van der Waals surface area contributed by atoms with Crippen molar-refractivity contribution < 1.29 is 0 Å². The molecule has 0 spiro atoms. The van der Waals surface area contributed by atoms with E-state index in [-0.39, 0.29) is 0 Å². The van der Waals surface area contributed by atoms with Gasteiger partial charge in [0.05, 0.1) is 0 Å². The number of unbranched alkanes of at least 4 members (excludes halogenated alkanes) is 3. The highest BCUT2D eigenvalue weighted by Crippen LogP contribution is 2.22. The largest absolute Gasteiger partial charge is 0.0810 e. The molecule has 1 aliphatic rings. The van der Waals surface area contributed by atoms with Crippen LogP contribution in [-0.4, -0.2) is 0 Å². The van der Waals surface area contributed by atoms with E-state index in [9.17, 15) is 0 Å². The van der Waals surface area contributed by atoms with Crippen molar-refractivity contribution in [1.29, 1.82) is 0 Å². The van der Waals surface area contributed by atoms with Gasteiger partial charge in [0, 0.05) is 0 Å².